The molecular weight excluding hydrogens is 523 g/mol. The van der Waals surface area contributed by atoms with Crippen LogP contribution in [0.3, 0.4) is 0 Å². The number of alkyl halides is 3. The number of halogens is 3. The molecule has 38 heavy (non-hydrogen) atoms. The maximum atomic E-state index is 13.5. The Bertz CT molecular complexity index is 1540. The summed E-state index contributed by atoms with van der Waals surface area (Å²) >= 11 is 0. The van der Waals surface area contributed by atoms with Crippen LogP contribution in [0.15, 0.2) is 41.4 Å². The van der Waals surface area contributed by atoms with Crippen LogP contribution in [0.25, 0.3) is 5.65 Å². The summed E-state index contributed by atoms with van der Waals surface area (Å²) in [7, 11) is -0.245. The second-order valence-corrected chi connectivity index (χ2v) is 11.0. The van der Waals surface area contributed by atoms with Crippen molar-refractivity contribution in [2.75, 3.05) is 45.4 Å². The fourth-order valence-corrected chi connectivity index (χ4v) is 4.90. The smallest absolute Gasteiger partial charge is 0.394 e. The van der Waals surface area contributed by atoms with Gasteiger partial charge in [0.25, 0.3) is 0 Å². The van der Waals surface area contributed by atoms with Crippen molar-refractivity contribution >= 4 is 27.1 Å². The van der Waals surface area contributed by atoms with Crippen LogP contribution in [-0.2, 0) is 21.1 Å². The number of piperazine rings is 1. The van der Waals surface area contributed by atoms with E-state index in [-0.39, 0.29) is 41.0 Å². The lowest BCUT2D eigenvalue weighted by molar-refractivity contribution is -0.128. The van der Waals surface area contributed by atoms with Crippen LogP contribution in [0.1, 0.15) is 23.0 Å². The lowest BCUT2D eigenvalue weighted by atomic mass is 10.1. The number of methoxy groups -OCH3 is 1. The minimum absolute atomic E-state index is 0.0218. The third kappa shape index (κ3) is 6.20. The molecule has 1 aliphatic rings. The number of carbonyl (C=O) groups excluding carboxylic acids is 1. The molecule has 0 spiro atoms. The average molecular weight is 550 g/mol. The van der Waals surface area contributed by atoms with Gasteiger partial charge in [0.05, 0.1) is 48.9 Å². The van der Waals surface area contributed by atoms with E-state index < -0.39 is 28.5 Å². The van der Waals surface area contributed by atoms with Gasteiger partial charge in [-0.15, -0.1) is 0 Å². The average Bonchev–Trinajstić information content (AvgIpc) is 3.16. The van der Waals surface area contributed by atoms with Gasteiger partial charge in [-0.2, -0.15) is 13.2 Å². The number of sulfone groups is 1. The number of aromatic nitrogens is 2. The molecule has 0 aliphatic carbocycles. The van der Waals surface area contributed by atoms with E-state index in [1.165, 1.54) is 35.9 Å². The highest BCUT2D eigenvalue weighted by Crippen LogP contribution is 2.29. The molecule has 0 saturated carbocycles. The van der Waals surface area contributed by atoms with Crippen LogP contribution in [0, 0.1) is 11.8 Å². The zero-order valence-corrected chi connectivity index (χ0v) is 21.7. The first kappa shape index (κ1) is 27.3. The van der Waals surface area contributed by atoms with Gasteiger partial charge in [0.15, 0.2) is 9.84 Å². The van der Waals surface area contributed by atoms with Gasteiger partial charge in [-0.3, -0.25) is 9.69 Å². The summed E-state index contributed by atoms with van der Waals surface area (Å²) in [6.07, 6.45) is -3.14. The van der Waals surface area contributed by atoms with Crippen LogP contribution in [0.4, 0.5) is 18.9 Å². The van der Waals surface area contributed by atoms with E-state index in [2.05, 4.69) is 27.5 Å². The molecule has 2 aromatic heterocycles. The maximum Gasteiger partial charge on any atom is 0.394 e. The molecule has 1 saturated heterocycles. The maximum absolute atomic E-state index is 13.5. The van der Waals surface area contributed by atoms with E-state index in [0.29, 0.717) is 23.4 Å². The van der Waals surface area contributed by atoms with Crippen molar-refractivity contribution in [2.45, 2.75) is 23.5 Å². The monoisotopic (exact) mass is 549 g/mol. The molecule has 2 N–H and O–H groups in total. The summed E-state index contributed by atoms with van der Waals surface area (Å²) in [5, 5.41) is 5.86. The lowest BCUT2D eigenvalue weighted by Gasteiger charge is -2.30. The number of fused-ring (bicyclic) bond motifs is 1. The number of hydrogen-bond acceptors (Lipinski definition) is 7. The minimum atomic E-state index is -4.49. The third-order valence-corrected chi connectivity index (χ3v) is 7.05. The van der Waals surface area contributed by atoms with E-state index in [4.69, 9.17) is 4.74 Å². The molecule has 202 valence electrons. The van der Waals surface area contributed by atoms with Gasteiger partial charge in [0, 0.05) is 30.6 Å². The molecule has 3 heterocycles. The van der Waals surface area contributed by atoms with E-state index in [1.807, 2.05) is 4.90 Å². The Kier molecular flexibility index (Phi) is 7.57. The Morgan fingerprint density at radius 3 is 2.71 bits per heavy atom. The van der Waals surface area contributed by atoms with Crippen molar-refractivity contribution in [3.05, 3.63) is 53.5 Å². The summed E-state index contributed by atoms with van der Waals surface area (Å²) in [6, 6.07) is 7.23. The van der Waals surface area contributed by atoms with Crippen LogP contribution >= 0.6 is 0 Å². The van der Waals surface area contributed by atoms with Gasteiger partial charge >= 0.3 is 6.18 Å². The second kappa shape index (κ2) is 10.5. The van der Waals surface area contributed by atoms with Gasteiger partial charge in [0.1, 0.15) is 17.1 Å². The van der Waals surface area contributed by atoms with Gasteiger partial charge in [-0.05, 0) is 31.2 Å². The Morgan fingerprint density at radius 2 is 2.05 bits per heavy atom. The van der Waals surface area contributed by atoms with Crippen molar-refractivity contribution < 1.29 is 31.1 Å². The SMILES string of the molecule is COc1cc(S(C)(=O)=O)ccc1NCC#Cc1nc2c(C3CN(C)CC(=O)N3)cccn2c1CC(F)(F)F. The van der Waals surface area contributed by atoms with Crippen LogP contribution in [0.2, 0.25) is 0 Å². The van der Waals surface area contributed by atoms with Crippen LogP contribution in [0.5, 0.6) is 5.75 Å². The summed E-state index contributed by atoms with van der Waals surface area (Å²) in [5.74, 6) is 5.63. The quantitative estimate of drug-likeness (QED) is 0.455. The Morgan fingerprint density at radius 1 is 1.29 bits per heavy atom. The van der Waals surface area contributed by atoms with E-state index >= 15 is 0 Å². The first-order valence-electron chi connectivity index (χ1n) is 11.5. The van der Waals surface area contributed by atoms with Gasteiger partial charge in [-0.1, -0.05) is 12.0 Å². The predicted molar refractivity (Wildman–Crippen MR) is 135 cm³/mol. The number of benzene rings is 1. The molecule has 1 unspecified atom stereocenters. The summed E-state index contributed by atoms with van der Waals surface area (Å²) < 4.78 is 70.6. The predicted octanol–water partition coefficient (Wildman–Crippen LogP) is 2.42. The highest BCUT2D eigenvalue weighted by atomic mass is 32.2. The fourth-order valence-electron chi connectivity index (χ4n) is 4.27. The topological polar surface area (TPSA) is 105 Å². The second-order valence-electron chi connectivity index (χ2n) is 8.96. The minimum Gasteiger partial charge on any atom is -0.495 e. The lowest BCUT2D eigenvalue weighted by Crippen LogP contribution is -2.47. The van der Waals surface area contributed by atoms with Gasteiger partial charge in [-0.25, -0.2) is 13.4 Å². The Hall–Kier alpha value is -3.76. The number of nitrogens with zero attached hydrogens (tertiary/aromatic N) is 3. The molecule has 13 heteroatoms. The van der Waals surface area contributed by atoms with Crippen molar-refractivity contribution in [1.82, 2.24) is 19.6 Å². The van der Waals surface area contributed by atoms with E-state index in [9.17, 15) is 26.4 Å². The molecule has 1 aliphatic heterocycles. The zero-order chi connectivity index (χ0) is 27.7. The number of pyridine rings is 1. The highest BCUT2D eigenvalue weighted by Gasteiger charge is 2.32. The molecule has 1 aromatic carbocycles. The summed E-state index contributed by atoms with van der Waals surface area (Å²) in [4.78, 5) is 18.4. The first-order valence-corrected chi connectivity index (χ1v) is 13.4. The highest BCUT2D eigenvalue weighted by molar-refractivity contribution is 7.90. The van der Waals surface area contributed by atoms with Crippen molar-refractivity contribution in [3.8, 4) is 17.6 Å². The number of anilines is 1. The van der Waals surface area contributed by atoms with Gasteiger partial charge in [0.2, 0.25) is 5.91 Å². The number of hydrogen-bond donors (Lipinski definition) is 2. The molecular formula is C25H26F3N5O4S. The summed E-state index contributed by atoms with van der Waals surface area (Å²) in [5.41, 5.74) is 1.23. The summed E-state index contributed by atoms with van der Waals surface area (Å²) in [6.45, 7) is 0.751. The molecule has 9 nitrogen and oxygen atoms in total. The van der Waals surface area contributed by atoms with E-state index in [1.54, 1.807) is 19.2 Å². The largest absolute Gasteiger partial charge is 0.495 e. The fraction of sp³-hybridized carbons (Fsp3) is 0.360. The number of carbonyl (C=O) groups is 1. The number of imidazole rings is 1. The number of likely N-dealkylation sites (N-methyl/N-ethyl adjacent to an activating group) is 1. The third-order valence-electron chi connectivity index (χ3n) is 5.94. The number of rotatable bonds is 6. The van der Waals surface area contributed by atoms with E-state index in [0.717, 1.165) is 6.26 Å². The molecule has 1 fully saturated rings. The number of ether oxygens (including phenoxy) is 1. The van der Waals surface area contributed by atoms with Crippen molar-refractivity contribution in [3.63, 3.8) is 0 Å². The molecule has 4 rings (SSSR count). The Balaban J connectivity index is 1.65. The first-order chi connectivity index (χ1) is 17.9. The molecule has 1 amide bonds. The molecule has 1 atom stereocenters. The number of amides is 1. The molecule has 3 aromatic rings. The standard InChI is InChI=1S/C25H26F3N5O4S/c1-32-14-20(30-23(34)15-32)17-6-5-11-33-21(13-25(26,27)28)18(31-24(17)33)7-4-10-29-19-9-8-16(38(3,35)36)12-22(19)37-2/h5-6,8-9,11-12,20,29H,10,13-15H2,1-3H3,(H,30,34). The molecule has 0 bridgehead atoms. The van der Waals surface area contributed by atoms with Crippen LogP contribution in [-0.4, -0.2) is 74.8 Å². The van der Waals surface area contributed by atoms with Crippen LogP contribution < -0.4 is 15.4 Å². The zero-order valence-electron chi connectivity index (χ0n) is 20.9. The molecule has 0 radical (unpaired) electrons. The Labute approximate surface area is 217 Å². The normalized spacial score (nSPS) is 16.6. The number of nitrogens with one attached hydrogen (secondary N) is 2. The van der Waals surface area contributed by atoms with Crippen molar-refractivity contribution in [1.29, 1.82) is 0 Å². The van der Waals surface area contributed by atoms with Crippen molar-refractivity contribution in [2.24, 2.45) is 0 Å². The van der Waals surface area contributed by atoms with Gasteiger partial charge < -0.3 is 19.8 Å².